The van der Waals surface area contributed by atoms with E-state index in [-0.39, 0.29) is 11.9 Å². The summed E-state index contributed by atoms with van der Waals surface area (Å²) in [5.74, 6) is -0.0185. The second kappa shape index (κ2) is 5.38. The highest BCUT2D eigenvalue weighted by Gasteiger charge is 2.36. The second-order valence-corrected chi connectivity index (χ2v) is 7.01. The van der Waals surface area contributed by atoms with Gasteiger partial charge in [0.25, 0.3) is 0 Å². The van der Waals surface area contributed by atoms with Crippen LogP contribution in [0.2, 0.25) is 0 Å². The predicted molar refractivity (Wildman–Crippen MR) is 71.0 cm³/mol. The maximum Gasteiger partial charge on any atom is 0.157 e. The number of hydrogen-bond acceptors (Lipinski definition) is 4. The molecule has 0 spiro atoms. The summed E-state index contributed by atoms with van der Waals surface area (Å²) in [6.45, 7) is 2.33. The van der Waals surface area contributed by atoms with E-state index in [0.717, 1.165) is 5.56 Å². The predicted octanol–water partition coefficient (Wildman–Crippen LogP) is 1.28. The van der Waals surface area contributed by atoms with Gasteiger partial charge in [-0.2, -0.15) is 0 Å². The molecule has 0 saturated carbocycles. The zero-order chi connectivity index (χ0) is 13.2. The summed E-state index contributed by atoms with van der Waals surface area (Å²) in [7, 11) is -3.21. The van der Waals surface area contributed by atoms with Crippen molar-refractivity contribution in [3.05, 3.63) is 35.9 Å². The molecule has 1 aromatic carbocycles. The molecular weight excluding hydrogens is 250 g/mol. The van der Waals surface area contributed by atoms with Crippen LogP contribution in [0.1, 0.15) is 24.9 Å². The van der Waals surface area contributed by atoms with Gasteiger partial charge in [0.2, 0.25) is 0 Å². The summed E-state index contributed by atoms with van der Waals surface area (Å²) < 4.78 is 29.9. The van der Waals surface area contributed by atoms with Crippen molar-refractivity contribution in [1.82, 2.24) is 0 Å². The van der Waals surface area contributed by atoms with Crippen LogP contribution < -0.4 is 5.73 Å². The summed E-state index contributed by atoms with van der Waals surface area (Å²) in [6, 6.07) is 8.86. The zero-order valence-corrected chi connectivity index (χ0v) is 11.3. The van der Waals surface area contributed by atoms with Crippen molar-refractivity contribution in [2.45, 2.75) is 30.7 Å². The molecule has 3 atom stereocenters. The molecule has 0 aromatic heterocycles. The standard InChI is InChI=1S/C13H19NO3S/c1-10-13(7-8-17-10)18(15,16)9-12(14)11-5-3-2-4-6-11/h2-6,10,12-13H,7-9,14H2,1H3. The highest BCUT2D eigenvalue weighted by Crippen LogP contribution is 2.24. The molecule has 2 N–H and O–H groups in total. The van der Waals surface area contributed by atoms with Crippen LogP contribution >= 0.6 is 0 Å². The Balaban J connectivity index is 2.09. The Bertz CT molecular complexity index is 486. The van der Waals surface area contributed by atoms with Crippen molar-refractivity contribution in [2.24, 2.45) is 5.73 Å². The third-order valence-electron chi connectivity index (χ3n) is 3.41. The number of nitrogens with two attached hydrogens (primary N) is 1. The van der Waals surface area contributed by atoms with Gasteiger partial charge >= 0.3 is 0 Å². The highest BCUT2D eigenvalue weighted by molar-refractivity contribution is 7.92. The molecule has 2 rings (SSSR count). The molecule has 3 unspecified atom stereocenters. The van der Waals surface area contributed by atoms with Gasteiger partial charge < -0.3 is 10.5 Å². The lowest BCUT2D eigenvalue weighted by atomic mass is 10.1. The van der Waals surface area contributed by atoms with Gasteiger partial charge in [-0.3, -0.25) is 0 Å². The van der Waals surface area contributed by atoms with Gasteiger partial charge in [0.1, 0.15) is 0 Å². The van der Waals surface area contributed by atoms with Gasteiger partial charge in [-0.1, -0.05) is 30.3 Å². The average molecular weight is 269 g/mol. The van der Waals surface area contributed by atoms with E-state index in [2.05, 4.69) is 0 Å². The summed E-state index contributed by atoms with van der Waals surface area (Å²) in [6.07, 6.45) is 0.350. The lowest BCUT2D eigenvalue weighted by molar-refractivity contribution is 0.126. The van der Waals surface area contributed by atoms with Crippen molar-refractivity contribution in [3.8, 4) is 0 Å². The van der Waals surface area contributed by atoms with E-state index in [1.165, 1.54) is 0 Å². The lowest BCUT2D eigenvalue weighted by Crippen LogP contribution is -2.34. The van der Waals surface area contributed by atoms with Gasteiger partial charge in [-0.15, -0.1) is 0 Å². The molecular formula is C13H19NO3S. The molecule has 18 heavy (non-hydrogen) atoms. The first kappa shape index (κ1) is 13.5. The van der Waals surface area contributed by atoms with E-state index in [0.29, 0.717) is 13.0 Å². The molecule has 1 heterocycles. The maximum absolute atomic E-state index is 12.3. The lowest BCUT2D eigenvalue weighted by Gasteiger charge is -2.18. The fourth-order valence-electron chi connectivity index (χ4n) is 2.35. The van der Waals surface area contributed by atoms with Crippen LogP contribution in [0.25, 0.3) is 0 Å². The number of rotatable bonds is 4. The van der Waals surface area contributed by atoms with Crippen LogP contribution in [0.15, 0.2) is 30.3 Å². The van der Waals surface area contributed by atoms with Crippen molar-refractivity contribution in [3.63, 3.8) is 0 Å². The Morgan fingerprint density at radius 1 is 1.39 bits per heavy atom. The van der Waals surface area contributed by atoms with Crippen molar-refractivity contribution in [2.75, 3.05) is 12.4 Å². The first-order valence-corrected chi connectivity index (χ1v) is 7.86. The van der Waals surface area contributed by atoms with E-state index in [1.807, 2.05) is 37.3 Å². The smallest absolute Gasteiger partial charge is 0.157 e. The van der Waals surface area contributed by atoms with Crippen LogP contribution in [0.4, 0.5) is 0 Å². The van der Waals surface area contributed by atoms with Crippen molar-refractivity contribution >= 4 is 9.84 Å². The summed E-state index contributed by atoms with van der Waals surface area (Å²) in [4.78, 5) is 0. The third kappa shape index (κ3) is 2.91. The first-order chi connectivity index (χ1) is 8.50. The number of sulfone groups is 1. The minimum atomic E-state index is -3.21. The molecule has 100 valence electrons. The van der Waals surface area contributed by atoms with E-state index in [9.17, 15) is 8.42 Å². The van der Waals surface area contributed by atoms with Gasteiger partial charge in [0.15, 0.2) is 9.84 Å². The summed E-state index contributed by atoms with van der Waals surface area (Å²) in [5.41, 5.74) is 6.83. The first-order valence-electron chi connectivity index (χ1n) is 6.14. The number of ether oxygens (including phenoxy) is 1. The second-order valence-electron chi connectivity index (χ2n) is 4.75. The molecule has 0 amide bonds. The fourth-order valence-corrected chi connectivity index (χ4v) is 4.41. The van der Waals surface area contributed by atoms with Crippen LogP contribution in [0, 0.1) is 0 Å². The fraction of sp³-hybridized carbons (Fsp3) is 0.538. The van der Waals surface area contributed by atoms with Crippen molar-refractivity contribution in [1.29, 1.82) is 0 Å². The molecule has 0 radical (unpaired) electrons. The Morgan fingerprint density at radius 3 is 2.61 bits per heavy atom. The molecule has 5 heteroatoms. The highest BCUT2D eigenvalue weighted by atomic mass is 32.2. The molecule has 1 aromatic rings. The largest absolute Gasteiger partial charge is 0.377 e. The normalized spacial score (nSPS) is 26.1. The monoisotopic (exact) mass is 269 g/mol. The van der Waals surface area contributed by atoms with Gasteiger partial charge in [-0.25, -0.2) is 8.42 Å². The summed E-state index contributed by atoms with van der Waals surface area (Å²) in [5, 5.41) is -0.410. The SMILES string of the molecule is CC1OCCC1S(=O)(=O)CC(N)c1ccccc1. The van der Waals surface area contributed by atoms with Crippen LogP contribution in [0.3, 0.4) is 0 Å². The number of hydrogen-bond donors (Lipinski definition) is 1. The van der Waals surface area contributed by atoms with Crippen LogP contribution in [0.5, 0.6) is 0 Å². The van der Waals surface area contributed by atoms with E-state index < -0.39 is 21.1 Å². The van der Waals surface area contributed by atoms with E-state index in [4.69, 9.17) is 10.5 Å². The molecule has 1 saturated heterocycles. The summed E-state index contributed by atoms with van der Waals surface area (Å²) >= 11 is 0. The van der Waals surface area contributed by atoms with Crippen LogP contribution in [-0.2, 0) is 14.6 Å². The molecule has 0 aliphatic carbocycles. The number of benzene rings is 1. The molecule has 4 nitrogen and oxygen atoms in total. The third-order valence-corrected chi connectivity index (χ3v) is 5.77. The quantitative estimate of drug-likeness (QED) is 0.894. The Kier molecular flexibility index (Phi) is 4.04. The topological polar surface area (TPSA) is 69.4 Å². The van der Waals surface area contributed by atoms with Gasteiger partial charge in [0.05, 0.1) is 17.1 Å². The minimum Gasteiger partial charge on any atom is -0.377 e. The maximum atomic E-state index is 12.3. The Morgan fingerprint density at radius 2 is 2.06 bits per heavy atom. The molecule has 1 aliphatic heterocycles. The van der Waals surface area contributed by atoms with E-state index in [1.54, 1.807) is 0 Å². The van der Waals surface area contributed by atoms with Crippen LogP contribution in [-0.4, -0.2) is 32.1 Å². The average Bonchev–Trinajstić information content (AvgIpc) is 2.77. The zero-order valence-electron chi connectivity index (χ0n) is 10.5. The van der Waals surface area contributed by atoms with Gasteiger partial charge in [-0.05, 0) is 18.9 Å². The minimum absolute atomic E-state index is 0.0185. The molecule has 0 bridgehead atoms. The van der Waals surface area contributed by atoms with E-state index >= 15 is 0 Å². The molecule has 1 aliphatic rings. The van der Waals surface area contributed by atoms with Gasteiger partial charge in [0, 0.05) is 12.6 Å². The Labute approximate surface area is 108 Å². The van der Waals surface area contributed by atoms with Crippen molar-refractivity contribution < 1.29 is 13.2 Å². The Hall–Kier alpha value is -0.910. The molecule has 1 fully saturated rings.